The van der Waals surface area contributed by atoms with Crippen LogP contribution < -0.4 is 15.5 Å². The number of hydrogen-bond donors (Lipinski definition) is 2. The summed E-state index contributed by atoms with van der Waals surface area (Å²) < 4.78 is 7.73. The normalized spacial score (nSPS) is 20.3. The number of amides is 1. The van der Waals surface area contributed by atoms with Crippen LogP contribution >= 0.6 is 0 Å². The highest BCUT2D eigenvalue weighted by Crippen LogP contribution is 2.22. The number of aryl methyl sites for hydroxylation is 1. The molecule has 2 saturated heterocycles. The molecule has 2 N–H and O–H groups in total. The molecule has 9 heteroatoms. The molecule has 9 nitrogen and oxygen atoms in total. The van der Waals surface area contributed by atoms with Crippen LogP contribution in [0.2, 0.25) is 0 Å². The second-order valence-corrected chi connectivity index (χ2v) is 7.59. The lowest BCUT2D eigenvalue weighted by Gasteiger charge is -2.34. The van der Waals surface area contributed by atoms with Gasteiger partial charge in [-0.2, -0.15) is 5.10 Å². The van der Waals surface area contributed by atoms with Gasteiger partial charge in [0.05, 0.1) is 25.9 Å². The molecule has 2 aliphatic heterocycles. The Labute approximate surface area is 176 Å². The number of carbonyl (C=O) groups excluding carboxylic acids is 1. The Balaban J connectivity index is 1.33. The smallest absolute Gasteiger partial charge is 0.239 e. The van der Waals surface area contributed by atoms with Crippen molar-refractivity contribution in [2.24, 2.45) is 12.0 Å². The van der Waals surface area contributed by atoms with E-state index < -0.39 is 0 Å². The molecule has 0 spiro atoms. The predicted octanol–water partition coefficient (Wildman–Crippen LogP) is 0.505. The van der Waals surface area contributed by atoms with E-state index in [4.69, 9.17) is 4.74 Å². The Hall–Kier alpha value is -3.07. The fourth-order valence-electron chi connectivity index (χ4n) is 3.85. The number of carbonyl (C=O) groups is 1. The van der Waals surface area contributed by atoms with Gasteiger partial charge < -0.3 is 25.2 Å². The van der Waals surface area contributed by atoms with Crippen molar-refractivity contribution in [2.45, 2.75) is 12.6 Å². The fraction of sp³-hybridized carbons (Fsp3) is 0.476. The first-order chi connectivity index (χ1) is 14.6. The number of aromatic nitrogens is 2. The van der Waals surface area contributed by atoms with Crippen molar-refractivity contribution in [2.75, 3.05) is 51.3 Å². The number of guanidine groups is 1. The first-order valence-electron chi connectivity index (χ1n) is 10.3. The minimum Gasteiger partial charge on any atom is -0.370 e. The first kappa shape index (κ1) is 20.2. The molecule has 0 saturated carbocycles. The van der Waals surface area contributed by atoms with Crippen molar-refractivity contribution in [3.8, 4) is 0 Å². The lowest BCUT2D eigenvalue weighted by atomic mass is 10.1. The van der Waals surface area contributed by atoms with E-state index in [9.17, 15) is 4.79 Å². The Morgan fingerprint density at radius 2 is 2.17 bits per heavy atom. The molecule has 2 aliphatic rings. The van der Waals surface area contributed by atoms with Crippen molar-refractivity contribution in [3.63, 3.8) is 0 Å². The maximum Gasteiger partial charge on any atom is 0.239 e. The molecular weight excluding hydrogens is 382 g/mol. The zero-order chi connectivity index (χ0) is 20.9. The summed E-state index contributed by atoms with van der Waals surface area (Å²) in [6, 6.07) is 8.34. The third kappa shape index (κ3) is 4.73. The summed E-state index contributed by atoms with van der Waals surface area (Å²) in [5, 5.41) is 10.6. The van der Waals surface area contributed by atoms with Crippen molar-refractivity contribution in [1.82, 2.24) is 25.3 Å². The summed E-state index contributed by atoms with van der Waals surface area (Å²) in [6.45, 7) is 4.82. The maximum atomic E-state index is 11.6. The SMILES string of the molecule is CN=C(NCc1ccc(N2CCNC(=O)C2)cc1)N1CCOC(c2cnn(C)c2)C1. The molecule has 0 aliphatic carbocycles. The van der Waals surface area contributed by atoms with Gasteiger partial charge in [-0.25, -0.2) is 0 Å². The van der Waals surface area contributed by atoms with Crippen LogP contribution in [0.5, 0.6) is 0 Å². The van der Waals surface area contributed by atoms with E-state index in [1.807, 2.05) is 19.4 Å². The summed E-state index contributed by atoms with van der Waals surface area (Å²) >= 11 is 0. The van der Waals surface area contributed by atoms with Gasteiger partial charge in [-0.3, -0.25) is 14.5 Å². The average molecular weight is 412 g/mol. The van der Waals surface area contributed by atoms with Crippen LogP contribution in [-0.4, -0.2) is 72.9 Å². The van der Waals surface area contributed by atoms with Crippen LogP contribution in [0.3, 0.4) is 0 Å². The number of nitrogens with zero attached hydrogens (tertiary/aromatic N) is 5. The quantitative estimate of drug-likeness (QED) is 0.563. The number of piperazine rings is 1. The average Bonchev–Trinajstić information content (AvgIpc) is 3.21. The van der Waals surface area contributed by atoms with Crippen LogP contribution in [0.4, 0.5) is 5.69 Å². The molecule has 160 valence electrons. The van der Waals surface area contributed by atoms with Crippen LogP contribution in [0.15, 0.2) is 41.7 Å². The van der Waals surface area contributed by atoms with Gasteiger partial charge in [-0.05, 0) is 17.7 Å². The first-order valence-corrected chi connectivity index (χ1v) is 10.3. The number of hydrogen-bond acceptors (Lipinski definition) is 5. The van der Waals surface area contributed by atoms with Gasteiger partial charge in [0.25, 0.3) is 0 Å². The van der Waals surface area contributed by atoms with Gasteiger partial charge in [-0.1, -0.05) is 12.1 Å². The van der Waals surface area contributed by atoms with Crippen LogP contribution in [0.1, 0.15) is 17.2 Å². The van der Waals surface area contributed by atoms with Crippen LogP contribution in [0.25, 0.3) is 0 Å². The van der Waals surface area contributed by atoms with Gasteiger partial charge in [0.2, 0.25) is 5.91 Å². The fourth-order valence-corrected chi connectivity index (χ4v) is 3.85. The van der Waals surface area contributed by atoms with Gasteiger partial charge in [0.15, 0.2) is 5.96 Å². The summed E-state index contributed by atoms with van der Waals surface area (Å²) in [6.07, 6.45) is 3.85. The van der Waals surface area contributed by atoms with Gasteiger partial charge in [0, 0.05) is 57.7 Å². The Morgan fingerprint density at radius 1 is 1.33 bits per heavy atom. The number of ether oxygens (including phenoxy) is 1. The van der Waals surface area contributed by atoms with Crippen molar-refractivity contribution >= 4 is 17.6 Å². The van der Waals surface area contributed by atoms with Gasteiger partial charge >= 0.3 is 0 Å². The van der Waals surface area contributed by atoms with Gasteiger partial charge in [-0.15, -0.1) is 0 Å². The standard InChI is InChI=1S/C21H29N7O2/c1-22-21(28-9-10-30-19(14-28)17-12-25-26(2)13-17)24-11-16-3-5-18(6-4-16)27-8-7-23-20(29)15-27/h3-6,12-13,19H,7-11,14-15H2,1-2H3,(H,22,24)(H,23,29). The largest absolute Gasteiger partial charge is 0.370 e. The third-order valence-electron chi connectivity index (χ3n) is 5.46. The maximum absolute atomic E-state index is 11.6. The van der Waals surface area contributed by atoms with E-state index in [0.717, 1.165) is 36.8 Å². The zero-order valence-electron chi connectivity index (χ0n) is 17.5. The van der Waals surface area contributed by atoms with E-state index in [2.05, 4.69) is 54.8 Å². The zero-order valence-corrected chi connectivity index (χ0v) is 17.5. The number of nitrogens with one attached hydrogen (secondary N) is 2. The molecule has 1 unspecified atom stereocenters. The molecule has 30 heavy (non-hydrogen) atoms. The molecule has 1 atom stereocenters. The number of rotatable bonds is 4. The lowest BCUT2D eigenvalue weighted by Crippen LogP contribution is -2.48. The number of morpholine rings is 1. The molecule has 4 rings (SSSR count). The summed E-state index contributed by atoms with van der Waals surface area (Å²) in [4.78, 5) is 20.4. The third-order valence-corrected chi connectivity index (χ3v) is 5.46. The second-order valence-electron chi connectivity index (χ2n) is 7.59. The highest BCUT2D eigenvalue weighted by Gasteiger charge is 2.25. The molecule has 3 heterocycles. The summed E-state index contributed by atoms with van der Waals surface area (Å²) in [5.74, 6) is 0.940. The number of benzene rings is 1. The van der Waals surface area contributed by atoms with E-state index in [1.165, 1.54) is 5.56 Å². The highest BCUT2D eigenvalue weighted by molar-refractivity contribution is 5.82. The molecule has 1 aromatic heterocycles. The van der Waals surface area contributed by atoms with Crippen LogP contribution in [0, 0.1) is 0 Å². The predicted molar refractivity (Wildman–Crippen MR) is 115 cm³/mol. The lowest BCUT2D eigenvalue weighted by molar-refractivity contribution is -0.120. The molecule has 1 aromatic carbocycles. The number of aliphatic imine (C=N–C) groups is 1. The second kappa shape index (κ2) is 9.17. The molecule has 2 aromatic rings. The van der Waals surface area contributed by atoms with E-state index in [-0.39, 0.29) is 12.0 Å². The highest BCUT2D eigenvalue weighted by atomic mass is 16.5. The molecule has 1 amide bonds. The Kier molecular flexibility index (Phi) is 6.18. The van der Waals surface area contributed by atoms with Crippen molar-refractivity contribution in [3.05, 3.63) is 47.8 Å². The van der Waals surface area contributed by atoms with Crippen molar-refractivity contribution < 1.29 is 9.53 Å². The van der Waals surface area contributed by atoms with E-state index in [1.54, 1.807) is 11.7 Å². The Morgan fingerprint density at radius 3 is 2.87 bits per heavy atom. The van der Waals surface area contributed by atoms with Crippen LogP contribution in [-0.2, 0) is 23.1 Å². The molecular formula is C21H29N7O2. The minimum atomic E-state index is -0.00738. The minimum absolute atomic E-state index is 0.00738. The topological polar surface area (TPSA) is 87.0 Å². The van der Waals surface area contributed by atoms with Crippen molar-refractivity contribution in [1.29, 1.82) is 0 Å². The van der Waals surface area contributed by atoms with E-state index in [0.29, 0.717) is 26.2 Å². The molecule has 0 radical (unpaired) electrons. The van der Waals surface area contributed by atoms with E-state index >= 15 is 0 Å². The molecule has 0 bridgehead atoms. The number of anilines is 1. The molecule has 2 fully saturated rings. The van der Waals surface area contributed by atoms with Gasteiger partial charge in [0.1, 0.15) is 6.10 Å². The summed E-state index contributed by atoms with van der Waals surface area (Å²) in [5.41, 5.74) is 3.32. The summed E-state index contributed by atoms with van der Waals surface area (Å²) in [7, 11) is 3.72. The monoisotopic (exact) mass is 411 g/mol. The Bertz CT molecular complexity index is 893.